The highest BCUT2D eigenvalue weighted by Crippen LogP contribution is 2.36. The third-order valence-electron chi connectivity index (χ3n) is 5.09. The first-order chi connectivity index (χ1) is 12.8. The van der Waals surface area contributed by atoms with Crippen molar-refractivity contribution in [3.05, 3.63) is 60.7 Å². The molecule has 1 atom stereocenters. The van der Waals surface area contributed by atoms with Crippen LogP contribution in [0.1, 0.15) is 40.5 Å². The lowest BCUT2D eigenvalue weighted by Gasteiger charge is -2.43. The summed E-state index contributed by atoms with van der Waals surface area (Å²) in [7, 11) is -1.04. The van der Waals surface area contributed by atoms with E-state index in [9.17, 15) is 4.79 Å². The summed E-state index contributed by atoms with van der Waals surface area (Å²) in [5, 5.41) is 2.54. The molecule has 4 heteroatoms. The number of ether oxygens (including phenoxy) is 1. The van der Waals surface area contributed by atoms with Gasteiger partial charge in [0.2, 0.25) is 0 Å². The van der Waals surface area contributed by atoms with Crippen LogP contribution in [0.5, 0.6) is 0 Å². The zero-order valence-corrected chi connectivity index (χ0v) is 18.2. The number of methoxy groups -OCH3 is 1. The Morgan fingerprint density at radius 2 is 1.44 bits per heavy atom. The van der Waals surface area contributed by atoms with E-state index < -0.39 is 8.32 Å². The Hall–Kier alpha value is -1.91. The summed E-state index contributed by atoms with van der Waals surface area (Å²) in [4.78, 5) is 11.5. The Balaban J connectivity index is 2.34. The molecule has 2 aromatic carbocycles. The van der Waals surface area contributed by atoms with Crippen LogP contribution in [0.15, 0.2) is 60.7 Å². The minimum atomic E-state index is -2.48. The second kappa shape index (κ2) is 9.33. The molecule has 0 aliphatic rings. The first-order valence-electron chi connectivity index (χ1n) is 9.63. The average molecular weight is 385 g/mol. The third kappa shape index (κ3) is 5.08. The molecular weight excluding hydrogens is 352 g/mol. The van der Waals surface area contributed by atoms with E-state index in [1.54, 1.807) is 0 Å². The van der Waals surface area contributed by atoms with Crippen molar-refractivity contribution >= 4 is 24.7 Å². The molecule has 0 saturated carbocycles. The monoisotopic (exact) mass is 384 g/mol. The predicted octanol–water partition coefficient (Wildman–Crippen LogP) is 4.15. The molecule has 0 amide bonds. The molecule has 0 radical (unpaired) electrons. The van der Waals surface area contributed by atoms with Gasteiger partial charge in [-0.3, -0.25) is 4.79 Å². The summed E-state index contributed by atoms with van der Waals surface area (Å²) in [6.45, 7) is 9.53. The molecular formula is C23H32O3Si. The highest BCUT2D eigenvalue weighted by molar-refractivity contribution is 6.99. The molecule has 0 unspecified atom stereocenters. The molecule has 146 valence electrons. The molecule has 0 N–H and O–H groups in total. The Morgan fingerprint density at radius 1 is 0.963 bits per heavy atom. The SMILES string of the molecule is COC(=O)C[C@H](C)CCO[Si](c1ccccc1)(c1ccccc1)C(C)(C)C. The zero-order valence-electron chi connectivity index (χ0n) is 17.2. The van der Waals surface area contributed by atoms with Gasteiger partial charge in [-0.15, -0.1) is 0 Å². The third-order valence-corrected chi connectivity index (χ3v) is 10.1. The summed E-state index contributed by atoms with van der Waals surface area (Å²) in [5.74, 6) is 0.0728. The topological polar surface area (TPSA) is 35.5 Å². The molecule has 0 fully saturated rings. The summed E-state index contributed by atoms with van der Waals surface area (Å²) in [5.41, 5.74) is 0. The molecule has 3 nitrogen and oxygen atoms in total. The molecule has 27 heavy (non-hydrogen) atoms. The highest BCUT2D eigenvalue weighted by atomic mass is 28.4. The van der Waals surface area contributed by atoms with Crippen molar-refractivity contribution in [2.24, 2.45) is 5.92 Å². The number of rotatable bonds is 8. The second-order valence-corrected chi connectivity index (χ2v) is 12.5. The van der Waals surface area contributed by atoms with Crippen molar-refractivity contribution in [2.75, 3.05) is 13.7 Å². The fourth-order valence-electron chi connectivity index (χ4n) is 3.64. The Bertz CT molecular complexity index is 668. The predicted molar refractivity (Wildman–Crippen MR) is 114 cm³/mol. The first kappa shape index (κ1) is 21.4. The van der Waals surface area contributed by atoms with E-state index in [0.29, 0.717) is 13.0 Å². The summed E-state index contributed by atoms with van der Waals surface area (Å²) >= 11 is 0. The van der Waals surface area contributed by atoms with Crippen LogP contribution in [0, 0.1) is 5.92 Å². The summed E-state index contributed by atoms with van der Waals surface area (Å²) in [6.07, 6.45) is 1.26. The van der Waals surface area contributed by atoms with Gasteiger partial charge < -0.3 is 9.16 Å². The van der Waals surface area contributed by atoms with Crippen LogP contribution in [0.4, 0.5) is 0 Å². The number of benzene rings is 2. The van der Waals surface area contributed by atoms with E-state index in [0.717, 1.165) is 6.42 Å². The molecule has 0 bridgehead atoms. The van der Waals surface area contributed by atoms with Gasteiger partial charge >= 0.3 is 5.97 Å². The average Bonchev–Trinajstić information content (AvgIpc) is 2.65. The molecule has 0 saturated heterocycles. The van der Waals surface area contributed by atoms with Crippen molar-refractivity contribution in [2.45, 2.75) is 45.6 Å². The fraction of sp³-hybridized carbons (Fsp3) is 0.435. The van der Waals surface area contributed by atoms with Crippen molar-refractivity contribution in [3.63, 3.8) is 0 Å². The quantitative estimate of drug-likeness (QED) is 0.507. The second-order valence-electron chi connectivity index (χ2n) is 8.19. The molecule has 0 aliphatic heterocycles. The Labute approximate surface area is 164 Å². The van der Waals surface area contributed by atoms with Gasteiger partial charge in [0.05, 0.1) is 7.11 Å². The van der Waals surface area contributed by atoms with Gasteiger partial charge in [0.15, 0.2) is 0 Å². The molecule has 2 aromatic rings. The van der Waals surface area contributed by atoms with Crippen molar-refractivity contribution in [1.29, 1.82) is 0 Å². The maximum absolute atomic E-state index is 11.5. The van der Waals surface area contributed by atoms with Gasteiger partial charge in [0.1, 0.15) is 0 Å². The van der Waals surface area contributed by atoms with Crippen molar-refractivity contribution in [1.82, 2.24) is 0 Å². The maximum atomic E-state index is 11.5. The normalized spacial score (nSPS) is 13.2. The Morgan fingerprint density at radius 3 is 1.85 bits per heavy atom. The van der Waals surface area contributed by atoms with Crippen LogP contribution in [-0.2, 0) is 14.0 Å². The first-order valence-corrected chi connectivity index (χ1v) is 11.5. The van der Waals surface area contributed by atoms with Crippen LogP contribution >= 0.6 is 0 Å². The van der Waals surface area contributed by atoms with Gasteiger partial charge in [0, 0.05) is 13.0 Å². The molecule has 0 aromatic heterocycles. The maximum Gasteiger partial charge on any atom is 0.305 e. The number of esters is 1. The number of carbonyl (C=O) groups excluding carboxylic acids is 1. The molecule has 0 aliphatic carbocycles. The van der Waals surface area contributed by atoms with Gasteiger partial charge in [-0.25, -0.2) is 0 Å². The smallest absolute Gasteiger partial charge is 0.305 e. The largest absolute Gasteiger partial charge is 0.469 e. The Kier molecular flexibility index (Phi) is 7.39. The lowest BCUT2D eigenvalue weighted by Crippen LogP contribution is -2.66. The van der Waals surface area contributed by atoms with E-state index in [1.807, 2.05) is 0 Å². The van der Waals surface area contributed by atoms with Crippen LogP contribution in [-0.4, -0.2) is 28.0 Å². The van der Waals surface area contributed by atoms with Gasteiger partial charge in [0.25, 0.3) is 8.32 Å². The van der Waals surface area contributed by atoms with Gasteiger partial charge in [-0.2, -0.15) is 0 Å². The van der Waals surface area contributed by atoms with E-state index in [-0.39, 0.29) is 16.9 Å². The molecule has 0 spiro atoms. The summed E-state index contributed by atoms with van der Waals surface area (Å²) < 4.78 is 11.6. The lowest BCUT2D eigenvalue weighted by molar-refractivity contribution is -0.141. The fourth-order valence-corrected chi connectivity index (χ4v) is 8.22. The van der Waals surface area contributed by atoms with E-state index in [4.69, 9.17) is 9.16 Å². The van der Waals surface area contributed by atoms with Gasteiger partial charge in [-0.05, 0) is 27.8 Å². The van der Waals surface area contributed by atoms with E-state index >= 15 is 0 Å². The van der Waals surface area contributed by atoms with Crippen LogP contribution in [0.2, 0.25) is 5.04 Å². The summed E-state index contributed by atoms with van der Waals surface area (Å²) in [6, 6.07) is 21.3. The number of hydrogen-bond acceptors (Lipinski definition) is 3. The minimum absolute atomic E-state index is 0.0265. The van der Waals surface area contributed by atoms with Crippen LogP contribution in [0.25, 0.3) is 0 Å². The van der Waals surface area contributed by atoms with Crippen LogP contribution < -0.4 is 10.4 Å². The highest BCUT2D eigenvalue weighted by Gasteiger charge is 2.49. The van der Waals surface area contributed by atoms with Crippen molar-refractivity contribution < 1.29 is 14.0 Å². The van der Waals surface area contributed by atoms with Crippen molar-refractivity contribution in [3.8, 4) is 0 Å². The number of hydrogen-bond donors (Lipinski definition) is 0. The molecule has 0 heterocycles. The minimum Gasteiger partial charge on any atom is -0.469 e. The zero-order chi connectivity index (χ0) is 19.9. The van der Waals surface area contributed by atoms with Crippen LogP contribution in [0.3, 0.4) is 0 Å². The van der Waals surface area contributed by atoms with E-state index in [2.05, 4.69) is 88.4 Å². The van der Waals surface area contributed by atoms with Gasteiger partial charge in [-0.1, -0.05) is 88.4 Å². The van der Waals surface area contributed by atoms with E-state index in [1.165, 1.54) is 17.5 Å². The molecule has 2 rings (SSSR count). The standard InChI is InChI=1S/C23H32O3Si/c1-19(18-22(24)25-5)16-17-26-27(23(2,3)4,20-12-8-6-9-13-20)21-14-10-7-11-15-21/h6-15,19H,16-18H2,1-5H3/t19-/m1/s1. The number of carbonyl (C=O) groups is 1. The lowest BCUT2D eigenvalue weighted by atomic mass is 10.1.